The quantitative estimate of drug-likeness (QED) is 0.256. The summed E-state index contributed by atoms with van der Waals surface area (Å²) in [6.45, 7) is 8.67. The number of carboxylic acid groups (broad SMARTS) is 3. The molecule has 0 heterocycles. The minimum Gasteiger partial charge on any atom is -0.550 e. The van der Waals surface area contributed by atoms with Gasteiger partial charge in [-0.05, 0) is 18.9 Å². The number of aliphatic carboxylic acids is 3. The fraction of sp³-hybridized carbons (Fsp3) is 0.783. The lowest BCUT2D eigenvalue weighted by Crippen LogP contribution is -2.48. The van der Waals surface area contributed by atoms with Gasteiger partial charge in [-0.3, -0.25) is 14.1 Å². The summed E-state index contributed by atoms with van der Waals surface area (Å²) in [4.78, 5) is 33.8. The minimum absolute atomic E-state index is 0.394. The van der Waals surface area contributed by atoms with Crippen LogP contribution in [0.4, 0.5) is 0 Å². The van der Waals surface area contributed by atoms with Crippen molar-refractivity contribution >= 4 is 17.9 Å². The highest BCUT2D eigenvalue weighted by Crippen LogP contribution is 2.21. The molecule has 0 saturated carbocycles. The van der Waals surface area contributed by atoms with Crippen molar-refractivity contribution in [2.75, 3.05) is 19.6 Å². The maximum atomic E-state index is 11.3. The van der Waals surface area contributed by atoms with E-state index in [1.165, 1.54) is 6.42 Å². The number of unbranched alkanes of at least 4 members (excludes halogenated alkanes) is 4. The Balaban J connectivity index is 5.47. The molecule has 0 rings (SSSR count). The zero-order valence-electron chi connectivity index (χ0n) is 19.1. The van der Waals surface area contributed by atoms with Gasteiger partial charge in [-0.2, -0.15) is 0 Å². The zero-order chi connectivity index (χ0) is 23.2. The summed E-state index contributed by atoms with van der Waals surface area (Å²) >= 11 is 0. The molecular weight excluding hydrogens is 386 g/mol. The number of nitrogens with zero attached hydrogens (tertiary/aromatic N) is 1. The molecule has 0 aromatic carbocycles. The Labute approximate surface area is 181 Å². The summed E-state index contributed by atoms with van der Waals surface area (Å²) in [5.41, 5.74) is 0. The van der Waals surface area contributed by atoms with Crippen LogP contribution in [-0.4, -0.2) is 52.2 Å². The third-order valence-corrected chi connectivity index (χ3v) is 5.91. The number of quaternary nitrogens is 1. The number of rotatable bonds is 18. The second-order valence-corrected chi connectivity index (χ2v) is 8.69. The maximum Gasteiger partial charge on any atom is 0.306 e. The van der Waals surface area contributed by atoms with Gasteiger partial charge in [0.1, 0.15) is 0 Å². The zero-order valence-corrected chi connectivity index (χ0v) is 19.1. The highest BCUT2D eigenvalue weighted by Gasteiger charge is 2.29. The van der Waals surface area contributed by atoms with Gasteiger partial charge >= 0.3 is 11.9 Å². The van der Waals surface area contributed by atoms with Crippen molar-refractivity contribution in [3.8, 4) is 0 Å². The molecule has 2 N–H and O–H groups in total. The standard InChI is InChI=1S/C23H41NO6/c1-5-6-7-8-9-10-14-24(15-11-18(2)21(25)26,16-12-19(3)22(27)28)17-13-20(4)23(29)30/h10,14,18-20H,5-9,11-13,15-17H2,1-4H3,(H2-,25,26,27,28,29,30)/b14-10+. The van der Waals surface area contributed by atoms with E-state index in [4.69, 9.17) is 0 Å². The number of carboxylic acids is 3. The van der Waals surface area contributed by atoms with Crippen molar-refractivity contribution in [2.45, 2.75) is 79.1 Å². The normalized spacial score (nSPS) is 16.7. The number of carbonyl (C=O) groups is 3. The molecule has 30 heavy (non-hydrogen) atoms. The summed E-state index contributed by atoms with van der Waals surface area (Å²) < 4.78 is 0.403. The van der Waals surface area contributed by atoms with Crippen LogP contribution in [-0.2, 0) is 14.4 Å². The first-order valence-electron chi connectivity index (χ1n) is 11.2. The molecule has 0 aliphatic carbocycles. The van der Waals surface area contributed by atoms with Crippen LogP contribution in [0.15, 0.2) is 12.3 Å². The monoisotopic (exact) mass is 427 g/mol. The van der Waals surface area contributed by atoms with Crippen molar-refractivity contribution in [3.63, 3.8) is 0 Å². The van der Waals surface area contributed by atoms with Crippen LogP contribution in [0.1, 0.15) is 79.1 Å². The Morgan fingerprint density at radius 1 is 0.833 bits per heavy atom. The van der Waals surface area contributed by atoms with Crippen molar-refractivity contribution in [1.82, 2.24) is 0 Å². The Bertz CT molecular complexity index is 500. The Kier molecular flexibility index (Phi) is 14.0. The van der Waals surface area contributed by atoms with Gasteiger partial charge in [0, 0.05) is 31.1 Å². The molecule has 3 unspecified atom stereocenters. The van der Waals surface area contributed by atoms with E-state index in [9.17, 15) is 29.7 Å². The van der Waals surface area contributed by atoms with E-state index in [-0.39, 0.29) is 0 Å². The number of allylic oxidation sites excluding steroid dienone is 1. The molecule has 0 aliphatic heterocycles. The maximum absolute atomic E-state index is 11.3. The van der Waals surface area contributed by atoms with Crippen LogP contribution in [0.5, 0.6) is 0 Å². The van der Waals surface area contributed by atoms with Crippen LogP contribution in [0.3, 0.4) is 0 Å². The lowest BCUT2D eigenvalue weighted by atomic mass is 10.0. The minimum atomic E-state index is -1.10. The van der Waals surface area contributed by atoms with E-state index in [0.29, 0.717) is 43.4 Å². The first kappa shape index (κ1) is 28.1. The summed E-state index contributed by atoms with van der Waals surface area (Å²) in [5, 5.41) is 29.7. The fourth-order valence-corrected chi connectivity index (χ4v) is 3.26. The fourth-order valence-electron chi connectivity index (χ4n) is 3.26. The lowest BCUT2D eigenvalue weighted by Gasteiger charge is -2.37. The van der Waals surface area contributed by atoms with Gasteiger partial charge in [-0.1, -0.05) is 47.0 Å². The predicted octanol–water partition coefficient (Wildman–Crippen LogP) is 3.29. The summed E-state index contributed by atoms with van der Waals surface area (Å²) in [6.07, 6.45) is 10.9. The third kappa shape index (κ3) is 12.0. The van der Waals surface area contributed by atoms with E-state index in [1.807, 2.05) is 0 Å². The Morgan fingerprint density at radius 3 is 1.70 bits per heavy atom. The third-order valence-electron chi connectivity index (χ3n) is 5.91. The average molecular weight is 428 g/mol. The molecule has 0 bridgehead atoms. The summed E-state index contributed by atoms with van der Waals surface area (Å²) in [6, 6.07) is 0. The van der Waals surface area contributed by atoms with Crippen LogP contribution in [0.2, 0.25) is 0 Å². The van der Waals surface area contributed by atoms with E-state index in [0.717, 1.165) is 25.7 Å². The van der Waals surface area contributed by atoms with Crippen molar-refractivity contribution in [1.29, 1.82) is 0 Å². The smallest absolute Gasteiger partial charge is 0.306 e. The van der Waals surface area contributed by atoms with Crippen LogP contribution in [0.25, 0.3) is 0 Å². The number of hydrogen-bond acceptors (Lipinski definition) is 4. The highest BCUT2D eigenvalue weighted by atomic mass is 16.4. The lowest BCUT2D eigenvalue weighted by molar-refractivity contribution is -0.881. The number of carbonyl (C=O) groups excluding carboxylic acids is 1. The SMILES string of the molecule is CCCCCC/C=C/[N+](CCC(C)C(=O)[O-])(CCC(C)C(=O)O)CCC(C)C(=O)O. The molecule has 0 aliphatic rings. The van der Waals surface area contributed by atoms with E-state index >= 15 is 0 Å². The van der Waals surface area contributed by atoms with Gasteiger partial charge in [0.2, 0.25) is 0 Å². The van der Waals surface area contributed by atoms with E-state index < -0.39 is 35.7 Å². The van der Waals surface area contributed by atoms with Gasteiger partial charge in [0.25, 0.3) is 0 Å². The molecule has 7 nitrogen and oxygen atoms in total. The number of hydrogen-bond donors (Lipinski definition) is 2. The van der Waals surface area contributed by atoms with Gasteiger partial charge < -0.3 is 20.1 Å². The molecular formula is C23H41NO6. The second kappa shape index (κ2) is 15.0. The molecule has 7 heteroatoms. The summed E-state index contributed by atoms with van der Waals surface area (Å²) in [7, 11) is 0. The molecule has 3 atom stereocenters. The average Bonchev–Trinajstić information content (AvgIpc) is 2.69. The van der Waals surface area contributed by atoms with Crippen molar-refractivity contribution in [3.05, 3.63) is 12.3 Å². The van der Waals surface area contributed by atoms with Gasteiger partial charge in [-0.25, -0.2) is 0 Å². The largest absolute Gasteiger partial charge is 0.550 e. The van der Waals surface area contributed by atoms with E-state index in [2.05, 4.69) is 19.2 Å². The van der Waals surface area contributed by atoms with Gasteiger partial charge in [0.05, 0.1) is 37.7 Å². The molecule has 0 amide bonds. The molecule has 0 spiro atoms. The van der Waals surface area contributed by atoms with E-state index in [1.54, 1.807) is 20.8 Å². The van der Waals surface area contributed by atoms with Crippen molar-refractivity contribution < 1.29 is 34.2 Å². The molecule has 0 aromatic heterocycles. The molecule has 0 aromatic rings. The molecule has 0 fully saturated rings. The predicted molar refractivity (Wildman–Crippen MR) is 114 cm³/mol. The summed E-state index contributed by atoms with van der Waals surface area (Å²) in [5.74, 6) is -4.48. The molecule has 0 radical (unpaired) electrons. The van der Waals surface area contributed by atoms with Crippen LogP contribution >= 0.6 is 0 Å². The molecule has 174 valence electrons. The first-order chi connectivity index (χ1) is 14.0. The van der Waals surface area contributed by atoms with Crippen LogP contribution < -0.4 is 5.11 Å². The van der Waals surface area contributed by atoms with Crippen LogP contribution in [0, 0.1) is 17.8 Å². The Morgan fingerprint density at radius 2 is 1.30 bits per heavy atom. The topological polar surface area (TPSA) is 115 Å². The second-order valence-electron chi connectivity index (χ2n) is 8.69. The molecule has 0 saturated heterocycles. The highest BCUT2D eigenvalue weighted by molar-refractivity contribution is 5.69. The first-order valence-corrected chi connectivity index (χ1v) is 11.2. The van der Waals surface area contributed by atoms with Gasteiger partial charge in [-0.15, -0.1) is 0 Å². The Hall–Kier alpha value is -1.89. The van der Waals surface area contributed by atoms with Gasteiger partial charge in [0.15, 0.2) is 0 Å². The van der Waals surface area contributed by atoms with Crippen molar-refractivity contribution in [2.24, 2.45) is 17.8 Å².